The van der Waals surface area contributed by atoms with Gasteiger partial charge in [0.1, 0.15) is 0 Å². The summed E-state index contributed by atoms with van der Waals surface area (Å²) < 4.78 is 38.2. The van der Waals surface area contributed by atoms with Gasteiger partial charge in [-0.25, -0.2) is 0 Å². The number of rotatable bonds is 5. The second-order valence-electron chi connectivity index (χ2n) is 6.65. The summed E-state index contributed by atoms with van der Waals surface area (Å²) in [5, 5.41) is 2.94. The Morgan fingerprint density at radius 1 is 1.08 bits per heavy atom. The number of halogens is 3. The molecule has 1 saturated heterocycles. The van der Waals surface area contributed by atoms with E-state index in [2.05, 4.69) is 22.3 Å². The van der Waals surface area contributed by atoms with E-state index in [9.17, 15) is 18.0 Å². The fourth-order valence-electron chi connectivity index (χ4n) is 3.26. The first-order chi connectivity index (χ1) is 12.4. The molecule has 1 aliphatic rings. The van der Waals surface area contributed by atoms with Crippen molar-refractivity contribution in [1.29, 1.82) is 0 Å². The van der Waals surface area contributed by atoms with E-state index < -0.39 is 11.7 Å². The number of benzene rings is 2. The average Bonchev–Trinajstić information content (AvgIpc) is 3.02. The minimum atomic E-state index is -4.39. The Balaban J connectivity index is 1.50. The van der Waals surface area contributed by atoms with Crippen molar-refractivity contribution in [2.24, 2.45) is 0 Å². The first kappa shape index (κ1) is 18.5. The Bertz CT molecular complexity index is 746. The van der Waals surface area contributed by atoms with Gasteiger partial charge in [-0.15, -0.1) is 0 Å². The van der Waals surface area contributed by atoms with Crippen LogP contribution in [0.3, 0.4) is 0 Å². The normalized spacial score (nSPS) is 18.0. The van der Waals surface area contributed by atoms with Gasteiger partial charge in [0.25, 0.3) is 0 Å². The van der Waals surface area contributed by atoms with E-state index >= 15 is 0 Å². The van der Waals surface area contributed by atoms with Crippen molar-refractivity contribution in [2.45, 2.75) is 31.6 Å². The van der Waals surface area contributed by atoms with Crippen LogP contribution in [-0.4, -0.2) is 29.9 Å². The molecule has 6 heteroatoms. The number of carbonyl (C=O) groups is 1. The summed E-state index contributed by atoms with van der Waals surface area (Å²) in [6.45, 7) is 2.48. The van der Waals surface area contributed by atoms with E-state index in [1.54, 1.807) is 6.07 Å². The molecule has 0 aromatic heterocycles. The lowest BCUT2D eigenvalue weighted by atomic mass is 10.1. The zero-order valence-corrected chi connectivity index (χ0v) is 14.3. The smallest absolute Gasteiger partial charge is 0.352 e. The predicted molar refractivity (Wildman–Crippen MR) is 93.4 cm³/mol. The first-order valence-corrected chi connectivity index (χ1v) is 8.62. The number of hydrogen-bond acceptors (Lipinski definition) is 2. The second kappa shape index (κ2) is 7.91. The van der Waals surface area contributed by atoms with Crippen molar-refractivity contribution in [3.8, 4) is 0 Å². The van der Waals surface area contributed by atoms with Crippen LogP contribution >= 0.6 is 0 Å². The summed E-state index contributed by atoms with van der Waals surface area (Å²) in [5.74, 6) is -0.240. The third kappa shape index (κ3) is 5.08. The Labute approximate surface area is 150 Å². The molecule has 1 N–H and O–H groups in total. The van der Waals surface area contributed by atoms with Crippen molar-refractivity contribution in [3.05, 3.63) is 71.3 Å². The van der Waals surface area contributed by atoms with Gasteiger partial charge in [-0.05, 0) is 23.6 Å². The highest BCUT2D eigenvalue weighted by molar-refractivity contribution is 5.79. The number of nitrogens with one attached hydrogen (secondary N) is 1. The largest absolute Gasteiger partial charge is 0.416 e. The summed E-state index contributed by atoms with van der Waals surface area (Å²) in [7, 11) is 0. The van der Waals surface area contributed by atoms with Gasteiger partial charge in [-0.2, -0.15) is 13.2 Å². The molecular formula is C20H21F3N2O. The monoisotopic (exact) mass is 362 g/mol. The predicted octanol–water partition coefficient (Wildman–Crippen LogP) is 3.64. The van der Waals surface area contributed by atoms with Crippen LogP contribution in [0, 0.1) is 0 Å². The molecule has 26 heavy (non-hydrogen) atoms. The summed E-state index contributed by atoms with van der Waals surface area (Å²) >= 11 is 0. The molecule has 138 valence electrons. The third-order valence-corrected chi connectivity index (χ3v) is 4.51. The zero-order valence-electron chi connectivity index (χ0n) is 14.3. The van der Waals surface area contributed by atoms with Gasteiger partial charge in [0.05, 0.1) is 12.0 Å². The van der Waals surface area contributed by atoms with Crippen molar-refractivity contribution < 1.29 is 18.0 Å². The molecule has 2 aromatic rings. The minimum absolute atomic E-state index is 0.0389. The molecule has 1 heterocycles. The van der Waals surface area contributed by atoms with Crippen LogP contribution in [0.25, 0.3) is 0 Å². The topological polar surface area (TPSA) is 32.3 Å². The van der Waals surface area contributed by atoms with Gasteiger partial charge in [-0.3, -0.25) is 9.69 Å². The van der Waals surface area contributed by atoms with Crippen LogP contribution in [0.1, 0.15) is 23.1 Å². The van der Waals surface area contributed by atoms with E-state index in [-0.39, 0.29) is 18.4 Å². The molecule has 0 saturated carbocycles. The van der Waals surface area contributed by atoms with E-state index in [0.717, 1.165) is 38.2 Å². The number of likely N-dealkylation sites (tertiary alicyclic amines) is 1. The lowest BCUT2D eigenvalue weighted by Gasteiger charge is -2.17. The molecule has 0 aliphatic carbocycles. The van der Waals surface area contributed by atoms with Crippen molar-refractivity contribution >= 4 is 5.91 Å². The molecule has 0 bridgehead atoms. The Kier molecular flexibility index (Phi) is 5.61. The highest BCUT2D eigenvalue weighted by atomic mass is 19.4. The number of nitrogens with zero attached hydrogens (tertiary/aromatic N) is 1. The lowest BCUT2D eigenvalue weighted by Crippen LogP contribution is -2.37. The van der Waals surface area contributed by atoms with Crippen LogP contribution in [0.5, 0.6) is 0 Å². The van der Waals surface area contributed by atoms with Crippen LogP contribution in [0.2, 0.25) is 0 Å². The second-order valence-corrected chi connectivity index (χ2v) is 6.65. The molecule has 0 radical (unpaired) electrons. The SMILES string of the molecule is O=C(Cc1cccc(C(F)(F)F)c1)NC1CCN(Cc2ccccc2)C1. The van der Waals surface area contributed by atoms with Crippen LogP contribution in [0.4, 0.5) is 13.2 Å². The minimum Gasteiger partial charge on any atom is -0.352 e. The standard InChI is InChI=1S/C20H21F3N2O/c21-20(22,23)17-8-4-7-16(11-17)12-19(26)24-18-9-10-25(14-18)13-15-5-2-1-3-6-15/h1-8,11,18H,9-10,12-14H2,(H,24,26). The highest BCUT2D eigenvalue weighted by Gasteiger charge is 2.30. The third-order valence-electron chi connectivity index (χ3n) is 4.51. The molecule has 0 spiro atoms. The molecule has 1 fully saturated rings. The fraction of sp³-hybridized carbons (Fsp3) is 0.350. The Hall–Kier alpha value is -2.34. The first-order valence-electron chi connectivity index (χ1n) is 8.62. The maximum absolute atomic E-state index is 12.7. The number of amides is 1. The summed E-state index contributed by atoms with van der Waals surface area (Å²) in [6.07, 6.45) is -3.59. The Morgan fingerprint density at radius 2 is 1.81 bits per heavy atom. The maximum atomic E-state index is 12.7. The molecular weight excluding hydrogens is 341 g/mol. The molecule has 1 atom stereocenters. The molecule has 3 rings (SSSR count). The lowest BCUT2D eigenvalue weighted by molar-refractivity contribution is -0.137. The summed E-state index contributed by atoms with van der Waals surface area (Å²) in [5.41, 5.74) is 0.873. The molecule has 1 aliphatic heterocycles. The fourth-order valence-corrected chi connectivity index (χ4v) is 3.26. The quantitative estimate of drug-likeness (QED) is 0.881. The molecule has 1 unspecified atom stereocenters. The van der Waals surface area contributed by atoms with Gasteiger partial charge in [0.15, 0.2) is 0 Å². The van der Waals surface area contributed by atoms with Crippen molar-refractivity contribution in [3.63, 3.8) is 0 Å². The van der Waals surface area contributed by atoms with Crippen molar-refractivity contribution in [1.82, 2.24) is 10.2 Å². The maximum Gasteiger partial charge on any atom is 0.416 e. The van der Waals surface area contributed by atoms with Gasteiger partial charge < -0.3 is 5.32 Å². The molecule has 2 aromatic carbocycles. The van der Waals surface area contributed by atoms with Crippen molar-refractivity contribution in [2.75, 3.05) is 13.1 Å². The van der Waals surface area contributed by atoms with Crippen LogP contribution < -0.4 is 5.32 Å². The van der Waals surface area contributed by atoms with E-state index in [1.165, 1.54) is 11.6 Å². The zero-order chi connectivity index (χ0) is 18.6. The van der Waals surface area contributed by atoms with E-state index in [4.69, 9.17) is 0 Å². The number of alkyl halides is 3. The van der Waals surface area contributed by atoms with Gasteiger partial charge in [-0.1, -0.05) is 48.5 Å². The Morgan fingerprint density at radius 3 is 2.54 bits per heavy atom. The van der Waals surface area contributed by atoms with E-state index in [1.807, 2.05) is 18.2 Å². The highest BCUT2D eigenvalue weighted by Crippen LogP contribution is 2.29. The van der Waals surface area contributed by atoms with Crippen LogP contribution in [0.15, 0.2) is 54.6 Å². The molecule has 3 nitrogen and oxygen atoms in total. The summed E-state index contributed by atoms with van der Waals surface area (Å²) in [6, 6.07) is 15.1. The van der Waals surface area contributed by atoms with Crippen LogP contribution in [-0.2, 0) is 23.9 Å². The van der Waals surface area contributed by atoms with Gasteiger partial charge >= 0.3 is 6.18 Å². The number of hydrogen-bond donors (Lipinski definition) is 1. The summed E-state index contributed by atoms with van der Waals surface area (Å²) in [4.78, 5) is 14.5. The average molecular weight is 362 g/mol. The number of carbonyl (C=O) groups excluding carboxylic acids is 1. The molecule has 1 amide bonds. The van der Waals surface area contributed by atoms with Gasteiger partial charge in [0, 0.05) is 25.7 Å². The van der Waals surface area contributed by atoms with Gasteiger partial charge in [0.2, 0.25) is 5.91 Å². The van der Waals surface area contributed by atoms with E-state index in [0.29, 0.717) is 5.56 Å².